The molecule has 114 valence electrons. The highest BCUT2D eigenvalue weighted by Crippen LogP contribution is 2.29. The average Bonchev–Trinajstić information content (AvgIpc) is 2.87. The minimum atomic E-state index is 0.0682. The fourth-order valence-electron chi connectivity index (χ4n) is 3.09. The number of nitrogens with zero attached hydrogens (tertiary/aromatic N) is 2. The van der Waals surface area contributed by atoms with E-state index in [9.17, 15) is 4.79 Å². The molecule has 2 amide bonds. The second-order valence-corrected chi connectivity index (χ2v) is 5.90. The van der Waals surface area contributed by atoms with Gasteiger partial charge in [0.15, 0.2) is 0 Å². The van der Waals surface area contributed by atoms with Gasteiger partial charge < -0.3 is 20.4 Å². The summed E-state index contributed by atoms with van der Waals surface area (Å²) >= 11 is 6.38. The smallest absolute Gasteiger partial charge is 0.317 e. The molecule has 1 aromatic carbocycles. The highest BCUT2D eigenvalue weighted by atomic mass is 35.5. The number of carbonyl (C=O) groups excluding carboxylic acids is 1. The quantitative estimate of drug-likeness (QED) is 0.889. The molecule has 2 fully saturated rings. The molecule has 0 spiro atoms. The maximum atomic E-state index is 11.7. The van der Waals surface area contributed by atoms with Gasteiger partial charge in [-0.2, -0.15) is 0 Å². The standard InChI is InChI=1S/C15H21ClN4O/c1-2-17-9-12-13(16)4-3-5-14(12)19-6-7-20-11(10-19)8-18-15(20)21/h3-5,11,17H,2,6-10H2,1H3,(H,18,21). The van der Waals surface area contributed by atoms with Crippen molar-refractivity contribution in [3.8, 4) is 0 Å². The van der Waals surface area contributed by atoms with Crippen LogP contribution < -0.4 is 15.5 Å². The maximum Gasteiger partial charge on any atom is 0.317 e. The van der Waals surface area contributed by atoms with Crippen molar-refractivity contribution in [1.82, 2.24) is 15.5 Å². The number of carbonyl (C=O) groups is 1. The van der Waals surface area contributed by atoms with Gasteiger partial charge in [-0.15, -0.1) is 0 Å². The van der Waals surface area contributed by atoms with Crippen LogP contribution >= 0.6 is 11.6 Å². The molecule has 0 radical (unpaired) electrons. The summed E-state index contributed by atoms with van der Waals surface area (Å²) in [5.74, 6) is 0. The molecular weight excluding hydrogens is 288 g/mol. The lowest BCUT2D eigenvalue weighted by atomic mass is 10.1. The number of anilines is 1. The van der Waals surface area contributed by atoms with Crippen LogP contribution in [0.3, 0.4) is 0 Å². The van der Waals surface area contributed by atoms with Gasteiger partial charge in [0.25, 0.3) is 0 Å². The van der Waals surface area contributed by atoms with Crippen LogP contribution in [-0.2, 0) is 6.54 Å². The molecule has 0 bridgehead atoms. The molecule has 3 rings (SSSR count). The molecule has 2 aliphatic heterocycles. The van der Waals surface area contributed by atoms with Crippen molar-refractivity contribution in [3.05, 3.63) is 28.8 Å². The Balaban J connectivity index is 1.81. The largest absolute Gasteiger partial charge is 0.367 e. The first-order valence-electron chi connectivity index (χ1n) is 7.48. The topological polar surface area (TPSA) is 47.6 Å². The molecule has 2 heterocycles. The third-order valence-electron chi connectivity index (χ3n) is 4.22. The molecule has 1 atom stereocenters. The summed E-state index contributed by atoms with van der Waals surface area (Å²) < 4.78 is 0. The van der Waals surface area contributed by atoms with E-state index in [0.29, 0.717) is 0 Å². The first kappa shape index (κ1) is 14.5. The van der Waals surface area contributed by atoms with Crippen molar-refractivity contribution in [2.45, 2.75) is 19.5 Å². The number of piperazine rings is 1. The van der Waals surface area contributed by atoms with E-state index in [1.54, 1.807) is 0 Å². The van der Waals surface area contributed by atoms with Crippen molar-refractivity contribution in [1.29, 1.82) is 0 Å². The van der Waals surface area contributed by atoms with E-state index in [-0.39, 0.29) is 12.1 Å². The molecule has 1 aromatic rings. The fourth-order valence-corrected chi connectivity index (χ4v) is 3.33. The molecule has 1 unspecified atom stereocenters. The van der Waals surface area contributed by atoms with Gasteiger partial charge in [0.2, 0.25) is 0 Å². The van der Waals surface area contributed by atoms with Crippen LogP contribution in [0.1, 0.15) is 12.5 Å². The summed E-state index contributed by atoms with van der Waals surface area (Å²) in [6, 6.07) is 6.39. The SMILES string of the molecule is CCNCc1c(Cl)cccc1N1CCN2C(=O)NCC2C1. The number of halogens is 1. The summed E-state index contributed by atoms with van der Waals surface area (Å²) in [6.45, 7) is 6.99. The van der Waals surface area contributed by atoms with Gasteiger partial charge in [0.05, 0.1) is 6.04 Å². The van der Waals surface area contributed by atoms with Gasteiger partial charge in [-0.25, -0.2) is 4.79 Å². The van der Waals surface area contributed by atoms with E-state index in [4.69, 9.17) is 11.6 Å². The molecule has 0 aliphatic carbocycles. The lowest BCUT2D eigenvalue weighted by Crippen LogP contribution is -2.52. The van der Waals surface area contributed by atoms with Gasteiger partial charge in [0.1, 0.15) is 0 Å². The molecular formula is C15H21ClN4O. The lowest BCUT2D eigenvalue weighted by Gasteiger charge is -2.38. The highest BCUT2D eigenvalue weighted by molar-refractivity contribution is 6.31. The minimum Gasteiger partial charge on any atom is -0.367 e. The summed E-state index contributed by atoms with van der Waals surface area (Å²) in [6.07, 6.45) is 0. The molecule has 21 heavy (non-hydrogen) atoms. The van der Waals surface area contributed by atoms with Crippen LogP contribution in [0.25, 0.3) is 0 Å². The van der Waals surface area contributed by atoms with Gasteiger partial charge in [-0.1, -0.05) is 24.6 Å². The molecule has 0 aromatic heterocycles. The summed E-state index contributed by atoms with van der Waals surface area (Å²) in [5.41, 5.74) is 2.33. The third-order valence-corrected chi connectivity index (χ3v) is 4.57. The van der Waals surface area contributed by atoms with Gasteiger partial charge in [-0.05, 0) is 18.7 Å². The second kappa shape index (κ2) is 6.12. The van der Waals surface area contributed by atoms with Crippen molar-refractivity contribution in [2.24, 2.45) is 0 Å². The number of nitrogens with one attached hydrogen (secondary N) is 2. The number of hydrogen-bond acceptors (Lipinski definition) is 3. The second-order valence-electron chi connectivity index (χ2n) is 5.50. The van der Waals surface area contributed by atoms with Crippen LogP contribution in [0, 0.1) is 0 Å². The van der Waals surface area contributed by atoms with Crippen LogP contribution in [-0.4, -0.2) is 49.7 Å². The Kier molecular flexibility index (Phi) is 4.22. The predicted molar refractivity (Wildman–Crippen MR) is 84.9 cm³/mol. The van der Waals surface area contributed by atoms with Crippen molar-refractivity contribution in [3.63, 3.8) is 0 Å². The summed E-state index contributed by atoms with van der Waals surface area (Å²) in [4.78, 5) is 16.0. The average molecular weight is 309 g/mol. The first-order chi connectivity index (χ1) is 10.2. The van der Waals surface area contributed by atoms with Crippen LogP contribution in [0.2, 0.25) is 5.02 Å². The summed E-state index contributed by atoms with van der Waals surface area (Å²) in [5, 5.41) is 7.07. The number of benzene rings is 1. The third kappa shape index (κ3) is 2.80. The number of urea groups is 1. The number of rotatable bonds is 4. The lowest BCUT2D eigenvalue weighted by molar-refractivity contribution is 0.197. The van der Waals surface area contributed by atoms with Crippen molar-refractivity contribution < 1.29 is 4.79 Å². The first-order valence-corrected chi connectivity index (χ1v) is 7.86. The van der Waals surface area contributed by atoms with Crippen LogP contribution in [0.5, 0.6) is 0 Å². The maximum absolute atomic E-state index is 11.7. The van der Waals surface area contributed by atoms with Crippen molar-refractivity contribution >= 4 is 23.3 Å². The number of fused-ring (bicyclic) bond motifs is 1. The molecule has 6 heteroatoms. The zero-order valence-electron chi connectivity index (χ0n) is 12.2. The zero-order chi connectivity index (χ0) is 14.8. The number of hydrogen-bond donors (Lipinski definition) is 2. The van der Waals surface area contributed by atoms with Crippen LogP contribution in [0.15, 0.2) is 18.2 Å². The molecule has 2 N–H and O–H groups in total. The molecule has 2 aliphatic rings. The summed E-state index contributed by atoms with van der Waals surface area (Å²) in [7, 11) is 0. The Morgan fingerprint density at radius 2 is 2.29 bits per heavy atom. The zero-order valence-corrected chi connectivity index (χ0v) is 13.0. The van der Waals surface area contributed by atoms with Crippen molar-refractivity contribution in [2.75, 3.05) is 37.6 Å². The molecule has 2 saturated heterocycles. The predicted octanol–water partition coefficient (Wildman–Crippen LogP) is 1.66. The van der Waals surface area contributed by atoms with Gasteiger partial charge in [-0.3, -0.25) is 0 Å². The Morgan fingerprint density at radius 1 is 1.43 bits per heavy atom. The van der Waals surface area contributed by atoms with Gasteiger partial charge in [0, 0.05) is 49.0 Å². The normalized spacial score (nSPS) is 21.4. The van der Waals surface area contributed by atoms with E-state index in [2.05, 4.69) is 28.5 Å². The minimum absolute atomic E-state index is 0.0682. The Hall–Kier alpha value is -1.46. The Bertz CT molecular complexity index is 536. The van der Waals surface area contributed by atoms with Crippen LogP contribution in [0.4, 0.5) is 10.5 Å². The van der Waals surface area contributed by atoms with E-state index >= 15 is 0 Å². The molecule has 0 saturated carbocycles. The number of amides is 2. The van der Waals surface area contributed by atoms with E-state index in [0.717, 1.165) is 49.9 Å². The Labute approximate surface area is 130 Å². The van der Waals surface area contributed by atoms with E-state index in [1.165, 1.54) is 5.69 Å². The fraction of sp³-hybridized carbons (Fsp3) is 0.533. The Morgan fingerprint density at radius 3 is 3.10 bits per heavy atom. The highest BCUT2D eigenvalue weighted by Gasteiger charge is 2.35. The molecule has 5 nitrogen and oxygen atoms in total. The van der Waals surface area contributed by atoms with E-state index in [1.807, 2.05) is 17.0 Å². The van der Waals surface area contributed by atoms with Gasteiger partial charge >= 0.3 is 6.03 Å². The van der Waals surface area contributed by atoms with E-state index < -0.39 is 0 Å². The monoisotopic (exact) mass is 308 g/mol.